The summed E-state index contributed by atoms with van der Waals surface area (Å²) in [5.41, 5.74) is 4.37. The van der Waals surface area contributed by atoms with Gasteiger partial charge >= 0.3 is 0 Å². The molecule has 1 amide bonds. The highest BCUT2D eigenvalue weighted by Crippen LogP contribution is 2.48. The molecule has 0 saturated carbocycles. The Labute approximate surface area is 166 Å². The van der Waals surface area contributed by atoms with Gasteiger partial charge < -0.3 is 14.9 Å². The fourth-order valence-electron chi connectivity index (χ4n) is 4.83. The standard InChI is InChI=1S/C23H27N3O2/c1-3-5-16-7-8-20-19(12-16)23-18(21(15-27)25(20)2)9-11-26(23)22(28)13-17-6-4-10-24-14-17/h3-8,10,12,14,18,21,23,27H,9,11,13,15H2,1-2H3/b5-3+/t18-,21-,23-/m1/s1. The van der Waals surface area contributed by atoms with Crippen molar-refractivity contribution in [2.24, 2.45) is 5.92 Å². The fourth-order valence-corrected chi connectivity index (χ4v) is 4.83. The first kappa shape index (κ1) is 18.7. The summed E-state index contributed by atoms with van der Waals surface area (Å²) in [6, 6.07) is 10.3. The summed E-state index contributed by atoms with van der Waals surface area (Å²) in [5.74, 6) is 0.366. The second-order valence-electron chi connectivity index (χ2n) is 7.70. The van der Waals surface area contributed by atoms with E-state index < -0.39 is 0 Å². The number of benzene rings is 1. The van der Waals surface area contributed by atoms with Crippen molar-refractivity contribution in [1.29, 1.82) is 0 Å². The van der Waals surface area contributed by atoms with Gasteiger partial charge in [0, 0.05) is 37.6 Å². The monoisotopic (exact) mass is 377 g/mol. The van der Waals surface area contributed by atoms with Crippen LogP contribution < -0.4 is 4.90 Å². The van der Waals surface area contributed by atoms with Crippen LogP contribution in [-0.2, 0) is 11.2 Å². The van der Waals surface area contributed by atoms with Crippen LogP contribution in [0.2, 0.25) is 0 Å². The Kier molecular flexibility index (Phi) is 5.18. The molecule has 2 aromatic rings. The van der Waals surface area contributed by atoms with Crippen LogP contribution >= 0.6 is 0 Å². The molecular weight excluding hydrogens is 350 g/mol. The third-order valence-electron chi connectivity index (χ3n) is 6.13. The first-order valence-electron chi connectivity index (χ1n) is 9.92. The topological polar surface area (TPSA) is 56.7 Å². The maximum absolute atomic E-state index is 13.2. The number of amides is 1. The minimum absolute atomic E-state index is 0.0118. The van der Waals surface area contributed by atoms with E-state index in [4.69, 9.17) is 0 Å². The first-order valence-corrected chi connectivity index (χ1v) is 9.92. The third kappa shape index (κ3) is 3.20. The van der Waals surface area contributed by atoms with Gasteiger partial charge in [-0.2, -0.15) is 0 Å². The van der Waals surface area contributed by atoms with Gasteiger partial charge in [-0.15, -0.1) is 0 Å². The van der Waals surface area contributed by atoms with Crippen molar-refractivity contribution in [3.05, 3.63) is 65.5 Å². The summed E-state index contributed by atoms with van der Waals surface area (Å²) in [7, 11) is 2.05. The quantitative estimate of drug-likeness (QED) is 0.890. The highest BCUT2D eigenvalue weighted by molar-refractivity contribution is 5.80. The molecule has 5 heteroatoms. The van der Waals surface area contributed by atoms with Crippen molar-refractivity contribution in [3.8, 4) is 0 Å². The number of likely N-dealkylation sites (N-methyl/N-ethyl adjacent to an activating group) is 1. The van der Waals surface area contributed by atoms with Crippen LogP contribution in [0.4, 0.5) is 5.69 Å². The van der Waals surface area contributed by atoms with Crippen molar-refractivity contribution < 1.29 is 9.90 Å². The predicted molar refractivity (Wildman–Crippen MR) is 111 cm³/mol. The Balaban J connectivity index is 1.71. The molecule has 3 atom stereocenters. The van der Waals surface area contributed by atoms with E-state index in [-0.39, 0.29) is 30.5 Å². The number of hydrogen-bond donors (Lipinski definition) is 1. The van der Waals surface area contributed by atoms with Gasteiger partial charge in [0.05, 0.1) is 25.1 Å². The van der Waals surface area contributed by atoms with E-state index in [0.717, 1.165) is 29.8 Å². The van der Waals surface area contributed by atoms with Gasteiger partial charge in [-0.25, -0.2) is 0 Å². The number of pyridine rings is 1. The van der Waals surface area contributed by atoms with E-state index in [1.54, 1.807) is 12.4 Å². The van der Waals surface area contributed by atoms with Crippen LogP contribution in [0.5, 0.6) is 0 Å². The van der Waals surface area contributed by atoms with Gasteiger partial charge in [-0.05, 0) is 48.2 Å². The lowest BCUT2D eigenvalue weighted by atomic mass is 9.81. The Morgan fingerprint density at radius 3 is 2.93 bits per heavy atom. The van der Waals surface area contributed by atoms with Gasteiger partial charge in [0.15, 0.2) is 0 Å². The van der Waals surface area contributed by atoms with Crippen LogP contribution in [0.1, 0.15) is 36.1 Å². The largest absolute Gasteiger partial charge is 0.394 e. The molecule has 2 aliphatic heterocycles. The normalized spacial score (nSPS) is 23.8. The Hall–Kier alpha value is -2.66. The molecule has 0 unspecified atom stereocenters. The summed E-state index contributed by atoms with van der Waals surface area (Å²) in [5, 5.41) is 10.1. The van der Waals surface area contributed by atoms with Crippen LogP contribution in [0.15, 0.2) is 48.8 Å². The number of likely N-dealkylation sites (tertiary alicyclic amines) is 1. The number of allylic oxidation sites excluding steroid dienone is 1. The van der Waals surface area contributed by atoms with Crippen molar-refractivity contribution >= 4 is 17.7 Å². The number of rotatable bonds is 4. The summed E-state index contributed by atoms with van der Waals surface area (Å²) in [6.07, 6.45) is 8.87. The van der Waals surface area contributed by atoms with Crippen LogP contribution in [-0.4, -0.2) is 47.1 Å². The van der Waals surface area contributed by atoms with Crippen LogP contribution in [0.3, 0.4) is 0 Å². The number of anilines is 1. The van der Waals surface area contributed by atoms with E-state index >= 15 is 0 Å². The second-order valence-corrected chi connectivity index (χ2v) is 7.70. The zero-order valence-corrected chi connectivity index (χ0v) is 16.5. The Morgan fingerprint density at radius 2 is 2.21 bits per heavy atom. The van der Waals surface area contributed by atoms with E-state index in [1.165, 1.54) is 5.56 Å². The molecule has 4 rings (SSSR count). The Bertz CT molecular complexity index is 881. The van der Waals surface area contributed by atoms with Gasteiger partial charge in [-0.1, -0.05) is 24.3 Å². The maximum Gasteiger partial charge on any atom is 0.227 e. The van der Waals surface area contributed by atoms with Crippen molar-refractivity contribution in [3.63, 3.8) is 0 Å². The minimum atomic E-state index is 0.0118. The van der Waals surface area contributed by atoms with Crippen LogP contribution in [0.25, 0.3) is 6.08 Å². The Morgan fingerprint density at radius 1 is 1.36 bits per heavy atom. The SMILES string of the molecule is C/C=C/c1ccc2c(c1)[C@H]1[C@H](CCN1C(=O)Cc1cccnc1)[C@@H](CO)N2C. The molecule has 1 aromatic heterocycles. The van der Waals surface area contributed by atoms with Gasteiger partial charge in [0.1, 0.15) is 0 Å². The number of aromatic nitrogens is 1. The number of aliphatic hydroxyl groups excluding tert-OH is 1. The average molecular weight is 377 g/mol. The van der Waals surface area contributed by atoms with Crippen molar-refractivity contribution in [1.82, 2.24) is 9.88 Å². The molecule has 28 heavy (non-hydrogen) atoms. The number of carbonyl (C=O) groups excluding carboxylic acids is 1. The minimum Gasteiger partial charge on any atom is -0.394 e. The average Bonchev–Trinajstić information content (AvgIpc) is 3.14. The smallest absolute Gasteiger partial charge is 0.227 e. The predicted octanol–water partition coefficient (Wildman–Crippen LogP) is 3.06. The van der Waals surface area contributed by atoms with Crippen molar-refractivity contribution in [2.75, 3.05) is 25.1 Å². The molecule has 0 spiro atoms. The molecule has 146 valence electrons. The van der Waals surface area contributed by atoms with Gasteiger partial charge in [0.2, 0.25) is 5.91 Å². The van der Waals surface area contributed by atoms with E-state index in [1.807, 2.05) is 37.1 Å². The summed E-state index contributed by atoms with van der Waals surface area (Å²) in [4.78, 5) is 21.5. The number of fused-ring (bicyclic) bond motifs is 3. The molecule has 0 radical (unpaired) electrons. The first-order chi connectivity index (χ1) is 13.6. The molecule has 0 bridgehead atoms. The van der Waals surface area contributed by atoms with E-state index in [2.05, 4.69) is 34.2 Å². The number of aliphatic hydroxyl groups is 1. The number of hydrogen-bond acceptors (Lipinski definition) is 4. The molecule has 3 heterocycles. The number of carbonyl (C=O) groups is 1. The highest BCUT2D eigenvalue weighted by atomic mass is 16.3. The molecule has 5 nitrogen and oxygen atoms in total. The molecular formula is C23H27N3O2. The summed E-state index contributed by atoms with van der Waals surface area (Å²) >= 11 is 0. The second kappa shape index (κ2) is 7.76. The van der Waals surface area contributed by atoms with Crippen LogP contribution in [0, 0.1) is 5.92 Å². The summed E-state index contributed by atoms with van der Waals surface area (Å²) < 4.78 is 0. The lowest BCUT2D eigenvalue weighted by molar-refractivity contribution is -0.132. The molecule has 1 fully saturated rings. The van der Waals surface area contributed by atoms with E-state index in [9.17, 15) is 9.90 Å². The molecule has 2 aliphatic rings. The molecule has 0 aliphatic carbocycles. The highest BCUT2D eigenvalue weighted by Gasteiger charge is 2.47. The lowest BCUT2D eigenvalue weighted by Gasteiger charge is -2.44. The summed E-state index contributed by atoms with van der Waals surface area (Å²) in [6.45, 7) is 2.83. The fraction of sp³-hybridized carbons (Fsp3) is 0.391. The van der Waals surface area contributed by atoms with E-state index in [0.29, 0.717) is 6.42 Å². The van der Waals surface area contributed by atoms with Gasteiger partial charge in [-0.3, -0.25) is 9.78 Å². The van der Waals surface area contributed by atoms with Gasteiger partial charge in [0.25, 0.3) is 0 Å². The zero-order valence-electron chi connectivity index (χ0n) is 16.5. The maximum atomic E-state index is 13.2. The lowest BCUT2D eigenvalue weighted by Crippen LogP contribution is -2.48. The zero-order chi connectivity index (χ0) is 19.7. The molecule has 1 saturated heterocycles. The number of nitrogens with zero attached hydrogens (tertiary/aromatic N) is 3. The molecule has 1 N–H and O–H groups in total. The third-order valence-corrected chi connectivity index (χ3v) is 6.13. The molecule has 1 aromatic carbocycles. The van der Waals surface area contributed by atoms with Crippen molar-refractivity contribution in [2.45, 2.75) is 31.8 Å².